The summed E-state index contributed by atoms with van der Waals surface area (Å²) in [6.45, 7) is 4.43. The van der Waals surface area contributed by atoms with Crippen molar-refractivity contribution in [2.45, 2.75) is 32.2 Å². The number of alkyl halides is 3. The van der Waals surface area contributed by atoms with Crippen LogP contribution in [0, 0.1) is 6.92 Å². The van der Waals surface area contributed by atoms with Crippen LogP contribution >= 0.6 is 0 Å². The van der Waals surface area contributed by atoms with Crippen molar-refractivity contribution in [2.75, 3.05) is 4.72 Å². The van der Waals surface area contributed by atoms with E-state index in [1.165, 1.54) is 11.6 Å². The summed E-state index contributed by atoms with van der Waals surface area (Å²) in [5.74, 6) is -0.936. The minimum absolute atomic E-state index is 0.0336. The zero-order valence-electron chi connectivity index (χ0n) is 11.8. The molecule has 0 spiro atoms. The Kier molecular flexibility index (Phi) is 4.83. The number of aryl methyl sites for hydroxylation is 1. The molecule has 1 aromatic rings. The number of benzene rings is 1. The molecule has 0 heterocycles. The number of nitrogens with one attached hydrogen (secondary N) is 1. The molecular weight excluding hydrogens is 325 g/mol. The molecule has 22 heavy (non-hydrogen) atoms. The zero-order valence-corrected chi connectivity index (χ0v) is 12.6. The Labute approximate surface area is 124 Å². The molecule has 7 nitrogen and oxygen atoms in total. The number of rotatable bonds is 4. The van der Waals surface area contributed by atoms with Gasteiger partial charge in [-0.3, -0.25) is 4.72 Å². The lowest BCUT2D eigenvalue weighted by Gasteiger charge is -2.20. The minimum atomic E-state index is -5.63. The highest BCUT2D eigenvalue weighted by Gasteiger charge is 2.46. The fourth-order valence-corrected chi connectivity index (χ4v) is 2.40. The molecule has 0 saturated carbocycles. The average Bonchev–Trinajstić information content (AvgIpc) is 2.33. The quantitative estimate of drug-likeness (QED) is 0.374. The Balaban J connectivity index is 3.66. The van der Waals surface area contributed by atoms with Crippen LogP contribution in [0.1, 0.15) is 30.9 Å². The van der Waals surface area contributed by atoms with E-state index in [1.807, 2.05) is 0 Å². The number of halogens is 3. The third kappa shape index (κ3) is 3.37. The second kappa shape index (κ2) is 5.93. The normalized spacial score (nSPS) is 12.1. The molecule has 11 heteroatoms. The van der Waals surface area contributed by atoms with E-state index in [4.69, 9.17) is 5.53 Å². The molecular formula is C11H13F3N4O3S. The maximum Gasteiger partial charge on any atom is 0.516 e. The summed E-state index contributed by atoms with van der Waals surface area (Å²) in [4.78, 5) is 2.50. The first-order valence-electron chi connectivity index (χ1n) is 5.93. The summed E-state index contributed by atoms with van der Waals surface area (Å²) in [5.41, 5.74) is 2.35. The van der Waals surface area contributed by atoms with E-state index in [0.717, 1.165) is 6.07 Å². The summed E-state index contributed by atoms with van der Waals surface area (Å²) in [7, 11) is -5.63. The van der Waals surface area contributed by atoms with E-state index in [2.05, 4.69) is 10.0 Å². The number of azide groups is 1. The molecule has 0 aliphatic heterocycles. The van der Waals surface area contributed by atoms with E-state index in [0.29, 0.717) is 0 Å². The average molecular weight is 338 g/mol. The van der Waals surface area contributed by atoms with Gasteiger partial charge < -0.3 is 5.11 Å². The third-order valence-electron chi connectivity index (χ3n) is 2.78. The fourth-order valence-electron chi connectivity index (χ4n) is 1.82. The third-order valence-corrected chi connectivity index (χ3v) is 3.87. The minimum Gasteiger partial charge on any atom is -0.507 e. The molecule has 0 atom stereocenters. The number of anilines is 1. The smallest absolute Gasteiger partial charge is 0.507 e. The van der Waals surface area contributed by atoms with Crippen molar-refractivity contribution in [3.63, 3.8) is 0 Å². The van der Waals surface area contributed by atoms with Crippen LogP contribution < -0.4 is 4.72 Å². The first kappa shape index (κ1) is 17.9. The Morgan fingerprint density at radius 2 is 1.95 bits per heavy atom. The monoisotopic (exact) mass is 338 g/mol. The summed E-state index contributed by atoms with van der Waals surface area (Å²) in [5, 5.41) is 13.1. The van der Waals surface area contributed by atoms with Crippen LogP contribution in [0.25, 0.3) is 10.4 Å². The standard InChI is InChI=1S/C11H13F3N4O3S/c1-5(2)8-7(17-22(20,21)11(12,13)14)4-6(3)10(19)9(8)16-18-15/h4-5,17,19H,1-3H3. The molecule has 0 saturated heterocycles. The molecule has 122 valence electrons. The first-order chi connectivity index (χ1) is 9.92. The van der Waals surface area contributed by atoms with Crippen molar-refractivity contribution >= 4 is 21.4 Å². The molecule has 0 aliphatic carbocycles. The van der Waals surface area contributed by atoms with Gasteiger partial charge in [0.15, 0.2) is 0 Å². The van der Waals surface area contributed by atoms with Crippen molar-refractivity contribution in [1.82, 2.24) is 0 Å². The van der Waals surface area contributed by atoms with E-state index < -0.39 is 32.9 Å². The Bertz CT molecular complexity index is 738. The molecule has 0 fully saturated rings. The zero-order chi connectivity index (χ0) is 17.3. The lowest BCUT2D eigenvalue weighted by atomic mass is 9.96. The summed E-state index contributed by atoms with van der Waals surface area (Å²) < 4.78 is 61.4. The highest BCUT2D eigenvalue weighted by atomic mass is 32.2. The van der Waals surface area contributed by atoms with E-state index in [1.54, 1.807) is 13.8 Å². The van der Waals surface area contributed by atoms with Crippen LogP contribution in [0.4, 0.5) is 24.5 Å². The van der Waals surface area contributed by atoms with Crippen LogP contribution in [0.2, 0.25) is 0 Å². The second-order valence-electron chi connectivity index (χ2n) is 4.75. The first-order valence-corrected chi connectivity index (χ1v) is 7.41. The maximum absolute atomic E-state index is 12.5. The van der Waals surface area contributed by atoms with Gasteiger partial charge in [-0.2, -0.15) is 21.6 Å². The van der Waals surface area contributed by atoms with Crippen LogP contribution in [-0.4, -0.2) is 19.0 Å². The number of hydrogen-bond acceptors (Lipinski definition) is 4. The highest BCUT2D eigenvalue weighted by molar-refractivity contribution is 7.93. The van der Waals surface area contributed by atoms with Crippen LogP contribution in [-0.2, 0) is 10.0 Å². The predicted molar refractivity (Wildman–Crippen MR) is 74.3 cm³/mol. The SMILES string of the molecule is Cc1cc(NS(=O)(=O)C(F)(F)F)c(C(C)C)c(N=[N+]=[N-])c1O. The van der Waals surface area contributed by atoms with Crippen molar-refractivity contribution in [3.8, 4) is 5.75 Å². The molecule has 0 amide bonds. The van der Waals surface area contributed by atoms with Crippen molar-refractivity contribution in [1.29, 1.82) is 0 Å². The lowest BCUT2D eigenvalue weighted by molar-refractivity contribution is -0.0429. The second-order valence-corrected chi connectivity index (χ2v) is 6.42. The molecule has 0 radical (unpaired) electrons. The number of aromatic hydroxyl groups is 1. The van der Waals surface area contributed by atoms with Crippen molar-refractivity contribution in [3.05, 3.63) is 27.6 Å². The molecule has 0 unspecified atom stereocenters. The molecule has 0 aromatic heterocycles. The van der Waals surface area contributed by atoms with Gasteiger partial charge in [-0.25, -0.2) is 0 Å². The highest BCUT2D eigenvalue weighted by Crippen LogP contribution is 2.43. The molecule has 0 bridgehead atoms. The summed E-state index contributed by atoms with van der Waals surface area (Å²) in [6.07, 6.45) is 0. The summed E-state index contributed by atoms with van der Waals surface area (Å²) in [6, 6.07) is 1.05. The van der Waals surface area contributed by atoms with Crippen LogP contribution in [0.5, 0.6) is 5.75 Å². The fraction of sp³-hybridized carbons (Fsp3) is 0.455. The number of sulfonamides is 1. The topological polar surface area (TPSA) is 115 Å². The van der Waals surface area contributed by atoms with Gasteiger partial charge in [-0.1, -0.05) is 19.0 Å². The molecule has 1 rings (SSSR count). The van der Waals surface area contributed by atoms with Gasteiger partial charge in [-0.05, 0) is 35.6 Å². The van der Waals surface area contributed by atoms with E-state index >= 15 is 0 Å². The number of phenolic OH excluding ortho intramolecular Hbond substituents is 1. The van der Waals surface area contributed by atoms with Crippen molar-refractivity contribution < 1.29 is 26.7 Å². The number of nitrogens with zero attached hydrogens (tertiary/aromatic N) is 3. The van der Waals surface area contributed by atoms with Gasteiger partial charge in [-0.15, -0.1) is 0 Å². The molecule has 0 aliphatic rings. The largest absolute Gasteiger partial charge is 0.516 e. The van der Waals surface area contributed by atoms with Gasteiger partial charge >= 0.3 is 15.5 Å². The number of phenols is 1. The Morgan fingerprint density at radius 1 is 1.41 bits per heavy atom. The Hall–Kier alpha value is -2.13. The lowest BCUT2D eigenvalue weighted by Crippen LogP contribution is -2.30. The van der Waals surface area contributed by atoms with Gasteiger partial charge in [0.2, 0.25) is 0 Å². The van der Waals surface area contributed by atoms with E-state index in [-0.39, 0.29) is 16.8 Å². The summed E-state index contributed by atoms with van der Waals surface area (Å²) >= 11 is 0. The van der Waals surface area contributed by atoms with Gasteiger partial charge in [0.25, 0.3) is 0 Å². The van der Waals surface area contributed by atoms with Gasteiger partial charge in [0.05, 0.1) is 11.4 Å². The van der Waals surface area contributed by atoms with Gasteiger partial charge in [0.1, 0.15) is 5.75 Å². The van der Waals surface area contributed by atoms with Crippen LogP contribution in [0.3, 0.4) is 0 Å². The van der Waals surface area contributed by atoms with Crippen LogP contribution in [0.15, 0.2) is 11.2 Å². The molecule has 1 aromatic carbocycles. The van der Waals surface area contributed by atoms with Crippen molar-refractivity contribution in [2.24, 2.45) is 5.11 Å². The molecule has 2 N–H and O–H groups in total. The predicted octanol–water partition coefficient (Wildman–Crippen LogP) is 4.03. The Morgan fingerprint density at radius 3 is 2.36 bits per heavy atom. The number of hydrogen-bond donors (Lipinski definition) is 2. The van der Waals surface area contributed by atoms with E-state index in [9.17, 15) is 26.7 Å². The maximum atomic E-state index is 12.5. The van der Waals surface area contributed by atoms with Gasteiger partial charge in [0, 0.05) is 4.91 Å².